The molecule has 6 heteroatoms. The molecule has 0 aliphatic heterocycles. The zero-order valence-corrected chi connectivity index (χ0v) is 38.0. The maximum absolute atomic E-state index is 11.7. The molecule has 1 radical (unpaired) electrons. The molecule has 281 valence electrons. The van der Waals surface area contributed by atoms with Gasteiger partial charge in [0.2, 0.25) is 0 Å². The van der Waals surface area contributed by atoms with E-state index < -0.39 is 8.07 Å². The number of carbonyl (C=O) groups is 1. The van der Waals surface area contributed by atoms with Crippen molar-refractivity contribution in [3.8, 4) is 21.7 Å². The number of carbonyl (C=O) groups excluding carboxylic acids is 1. The molecule has 0 amide bonds. The van der Waals surface area contributed by atoms with Gasteiger partial charge in [0.05, 0.1) is 13.8 Å². The summed E-state index contributed by atoms with van der Waals surface area (Å²) < 4.78 is 1.26. The quantitative estimate of drug-likeness (QED) is 0.0622. The Morgan fingerprint density at radius 3 is 2.02 bits per heavy atom. The third-order valence-corrected chi connectivity index (χ3v) is 14.1. The summed E-state index contributed by atoms with van der Waals surface area (Å²) in [7, 11) is -1.34. The van der Waals surface area contributed by atoms with Gasteiger partial charge in [0, 0.05) is 59.5 Å². The van der Waals surface area contributed by atoms with Crippen LogP contribution in [0.1, 0.15) is 101 Å². The predicted octanol–water partition coefficient (Wildman–Crippen LogP) is 13.4. The van der Waals surface area contributed by atoms with Gasteiger partial charge in [-0.05, 0) is 87.4 Å². The summed E-state index contributed by atoms with van der Waals surface area (Å²) in [5.41, 5.74) is 10.2. The molecule has 1 N–H and O–H groups in total. The van der Waals surface area contributed by atoms with Crippen molar-refractivity contribution in [3.63, 3.8) is 0 Å². The molecular weight excluding hydrogens is 851 g/mol. The number of aliphatic hydroxyl groups excluding tert-OH is 1. The maximum Gasteiger partial charge on any atom is 0.162 e. The second-order valence-corrected chi connectivity index (χ2v) is 21.7. The number of thiophene rings is 1. The second kappa shape index (κ2) is 18.4. The van der Waals surface area contributed by atoms with Gasteiger partial charge >= 0.3 is 0 Å². The zero-order chi connectivity index (χ0) is 37.8. The van der Waals surface area contributed by atoms with Crippen molar-refractivity contribution in [1.82, 2.24) is 4.98 Å². The fourth-order valence-electron chi connectivity index (χ4n) is 6.94. The van der Waals surface area contributed by atoms with Gasteiger partial charge in [-0.15, -0.1) is 40.5 Å². The summed E-state index contributed by atoms with van der Waals surface area (Å²) in [6.07, 6.45) is 6.87. The molecular formula is C46H60IrNO2SSi-. The van der Waals surface area contributed by atoms with Gasteiger partial charge in [0.25, 0.3) is 0 Å². The number of nitrogens with zero attached hydrogens (tertiary/aromatic N) is 1. The number of benzene rings is 3. The first kappa shape index (κ1) is 43.5. The van der Waals surface area contributed by atoms with Crippen LogP contribution in [-0.4, -0.2) is 23.9 Å². The molecule has 5 rings (SSSR count). The summed E-state index contributed by atoms with van der Waals surface area (Å²) in [5, 5.41) is 15.1. The molecule has 5 aromatic rings. The minimum absolute atomic E-state index is 0. The molecule has 0 aliphatic carbocycles. The number of hydrogen-bond donors (Lipinski definition) is 1. The van der Waals surface area contributed by atoms with E-state index in [1.54, 1.807) is 0 Å². The second-order valence-electron chi connectivity index (χ2n) is 15.6. The Hall–Kier alpha value is -2.89. The molecule has 0 saturated heterocycles. The van der Waals surface area contributed by atoms with Crippen molar-refractivity contribution in [2.45, 2.75) is 120 Å². The van der Waals surface area contributed by atoms with E-state index in [-0.39, 0.29) is 43.5 Å². The molecule has 2 heterocycles. The van der Waals surface area contributed by atoms with Crippen molar-refractivity contribution < 1.29 is 30.0 Å². The normalized spacial score (nSPS) is 12.1. The maximum atomic E-state index is 11.7. The van der Waals surface area contributed by atoms with Gasteiger partial charge in [0.1, 0.15) is 0 Å². The number of allylic oxidation sites excluding steroid dienone is 2. The number of aromatic nitrogens is 1. The van der Waals surface area contributed by atoms with Gasteiger partial charge in [0.15, 0.2) is 5.78 Å². The molecule has 0 unspecified atom stereocenters. The number of aryl methyl sites for hydroxylation is 4. The predicted molar refractivity (Wildman–Crippen MR) is 227 cm³/mol. The van der Waals surface area contributed by atoms with Crippen molar-refractivity contribution in [2.24, 2.45) is 11.8 Å². The van der Waals surface area contributed by atoms with Gasteiger partial charge < -0.3 is 5.11 Å². The Morgan fingerprint density at radius 1 is 0.846 bits per heavy atom. The molecule has 0 fully saturated rings. The molecule has 0 spiro atoms. The third kappa shape index (κ3) is 9.60. The fourth-order valence-corrected chi connectivity index (χ4v) is 9.57. The van der Waals surface area contributed by atoms with E-state index in [1.807, 2.05) is 45.2 Å². The van der Waals surface area contributed by atoms with E-state index in [9.17, 15) is 9.90 Å². The van der Waals surface area contributed by atoms with Gasteiger partial charge in [-0.1, -0.05) is 113 Å². The van der Waals surface area contributed by atoms with E-state index in [0.717, 1.165) is 36.9 Å². The van der Waals surface area contributed by atoms with Gasteiger partial charge in [-0.25, -0.2) is 0 Å². The van der Waals surface area contributed by atoms with Crippen LogP contribution in [0.2, 0.25) is 19.6 Å². The van der Waals surface area contributed by atoms with Crippen LogP contribution in [0.4, 0.5) is 0 Å². The van der Waals surface area contributed by atoms with Crippen LogP contribution < -0.4 is 5.19 Å². The number of ketones is 1. The summed E-state index contributed by atoms with van der Waals surface area (Å²) in [6.45, 7) is 28.8. The van der Waals surface area contributed by atoms with E-state index in [2.05, 4.69) is 110 Å². The molecule has 0 atom stereocenters. The van der Waals surface area contributed by atoms with Crippen LogP contribution in [0, 0.1) is 45.6 Å². The number of rotatable bonds is 11. The average Bonchev–Trinajstić information content (AvgIpc) is 3.41. The van der Waals surface area contributed by atoms with Crippen LogP contribution in [0.5, 0.6) is 0 Å². The first-order valence-corrected chi connectivity index (χ1v) is 23.3. The first-order valence-electron chi connectivity index (χ1n) is 19.0. The van der Waals surface area contributed by atoms with Gasteiger partial charge in [-0.2, -0.15) is 0 Å². The Balaban J connectivity index is 0.000000389. The SMILES string of the molecule is CCC(CC)C(=O)/C=C(\O)C(CC)CC.Cc1cc2[c-]c(-c3nccc4c(C)c(-c5ccc([Si](C)(C)C)cc5C)sc34)cc(C(C)C)c2cc1C.[Ir]. The largest absolute Gasteiger partial charge is 0.512 e. The average molecular weight is 911 g/mol. The number of aliphatic hydroxyl groups is 1. The summed E-state index contributed by atoms with van der Waals surface area (Å²) in [6, 6.07) is 20.0. The monoisotopic (exact) mass is 911 g/mol. The van der Waals surface area contributed by atoms with Crippen LogP contribution in [0.3, 0.4) is 0 Å². The number of pyridine rings is 1. The first-order chi connectivity index (χ1) is 24.1. The van der Waals surface area contributed by atoms with Crippen molar-refractivity contribution in [1.29, 1.82) is 0 Å². The van der Waals surface area contributed by atoms with Gasteiger partial charge in [-0.3, -0.25) is 9.78 Å². The Morgan fingerprint density at radius 2 is 1.46 bits per heavy atom. The van der Waals surface area contributed by atoms with E-state index in [4.69, 9.17) is 4.98 Å². The smallest absolute Gasteiger partial charge is 0.162 e. The standard InChI is InChI=1S/C33H36NSSi.C13H24O2.Ir/c1-19(2)29-18-25(17-24-14-20(3)21(4)16-30(24)29)31-33-28(12-13-34-31)23(6)32(35-33)27-11-10-26(15-22(27)5)36(7,8)9;1-5-10(6-2)12(14)9-13(15)11(7-3)8-4;/h10-16,18-19H,1-9H3;9-11,14H,5-8H2,1-4H3;/q-1;;/b;12-9-;. The minimum Gasteiger partial charge on any atom is -0.512 e. The van der Waals surface area contributed by atoms with Crippen LogP contribution >= 0.6 is 11.3 Å². The summed E-state index contributed by atoms with van der Waals surface area (Å²) in [5.74, 6) is 0.974. The van der Waals surface area contributed by atoms with Crippen LogP contribution in [-0.2, 0) is 24.9 Å². The minimum atomic E-state index is -1.34. The molecule has 0 saturated carbocycles. The van der Waals surface area contributed by atoms with Crippen molar-refractivity contribution >= 4 is 51.2 Å². The van der Waals surface area contributed by atoms with E-state index in [1.165, 1.54) is 70.4 Å². The summed E-state index contributed by atoms with van der Waals surface area (Å²) >= 11 is 1.88. The van der Waals surface area contributed by atoms with Crippen molar-refractivity contribution in [2.75, 3.05) is 0 Å². The Labute approximate surface area is 332 Å². The fraction of sp³-hybridized carbons (Fsp3) is 0.435. The molecule has 3 nitrogen and oxygen atoms in total. The molecule has 2 aromatic heterocycles. The van der Waals surface area contributed by atoms with Crippen LogP contribution in [0.15, 0.2) is 60.5 Å². The van der Waals surface area contributed by atoms with E-state index in [0.29, 0.717) is 5.92 Å². The molecule has 0 bridgehead atoms. The van der Waals surface area contributed by atoms with Crippen LogP contribution in [0.25, 0.3) is 42.6 Å². The number of hydrogen-bond acceptors (Lipinski definition) is 4. The summed E-state index contributed by atoms with van der Waals surface area (Å²) in [4.78, 5) is 18.0. The molecule has 52 heavy (non-hydrogen) atoms. The Bertz CT molecular complexity index is 2040. The third-order valence-electron chi connectivity index (χ3n) is 10.7. The topological polar surface area (TPSA) is 50.2 Å². The van der Waals surface area contributed by atoms with Crippen molar-refractivity contribution in [3.05, 3.63) is 94.4 Å². The zero-order valence-electron chi connectivity index (χ0n) is 33.8. The number of fused-ring (bicyclic) bond motifs is 2. The molecule has 3 aromatic carbocycles. The Kier molecular flexibility index (Phi) is 15.4. The molecule has 0 aliphatic rings. The van der Waals surface area contributed by atoms with E-state index >= 15 is 0 Å².